The molecule has 1 fully saturated rings. The van der Waals surface area contributed by atoms with Crippen molar-refractivity contribution in [3.63, 3.8) is 0 Å². The maximum Gasteiger partial charge on any atom is 0.328 e. The Morgan fingerprint density at radius 1 is 1.14 bits per heavy atom. The fraction of sp³-hybridized carbons (Fsp3) is 0.480. The van der Waals surface area contributed by atoms with Crippen molar-refractivity contribution in [2.45, 2.75) is 54.4 Å². The predicted octanol–water partition coefficient (Wildman–Crippen LogP) is 5.23. The van der Waals surface area contributed by atoms with Crippen LogP contribution in [0.25, 0.3) is 0 Å². The lowest BCUT2D eigenvalue weighted by Crippen LogP contribution is -2.39. The molecule has 4 atom stereocenters. The van der Waals surface area contributed by atoms with Crippen LogP contribution in [0.2, 0.25) is 0 Å². The van der Waals surface area contributed by atoms with Gasteiger partial charge in [0.25, 0.3) is 0 Å². The van der Waals surface area contributed by atoms with Gasteiger partial charge in [0.05, 0.1) is 0 Å². The highest BCUT2D eigenvalue weighted by Gasteiger charge is 2.42. The minimum Gasteiger partial charge on any atom is -0.478 e. The molecule has 4 heteroatoms. The molecule has 2 aliphatic carbocycles. The van der Waals surface area contributed by atoms with Crippen molar-refractivity contribution in [2.75, 3.05) is 0 Å². The first-order valence-electron chi connectivity index (χ1n) is 10.2. The minimum atomic E-state index is -0.979. The van der Waals surface area contributed by atoms with Gasteiger partial charge >= 0.3 is 5.97 Å². The van der Waals surface area contributed by atoms with E-state index >= 15 is 0 Å². The Labute approximate surface area is 173 Å². The van der Waals surface area contributed by atoms with Crippen molar-refractivity contribution in [3.8, 4) is 0 Å². The van der Waals surface area contributed by atoms with E-state index in [9.17, 15) is 14.4 Å². The average molecular weight is 397 g/mol. The molecule has 4 nitrogen and oxygen atoms in total. The zero-order valence-electron chi connectivity index (χ0n) is 18.3. The third-order valence-electron chi connectivity index (χ3n) is 5.97. The normalized spacial score (nSPS) is 28.5. The molecule has 0 spiro atoms. The molecule has 0 aromatic carbocycles. The summed E-state index contributed by atoms with van der Waals surface area (Å²) >= 11 is 0. The number of fused-ring (bicyclic) bond motifs is 1. The highest BCUT2D eigenvalue weighted by atomic mass is 16.4. The van der Waals surface area contributed by atoms with Gasteiger partial charge in [-0.3, -0.25) is 9.59 Å². The molecule has 2 rings (SSSR count). The van der Waals surface area contributed by atoms with Gasteiger partial charge in [-0.15, -0.1) is 0 Å². The molecule has 0 amide bonds. The maximum absolute atomic E-state index is 12.7. The van der Waals surface area contributed by atoms with Crippen LogP contribution in [0, 0.1) is 23.7 Å². The van der Waals surface area contributed by atoms with Crippen molar-refractivity contribution in [3.05, 3.63) is 58.2 Å². The summed E-state index contributed by atoms with van der Waals surface area (Å²) in [6.07, 6.45) is 10.1. The van der Waals surface area contributed by atoms with Gasteiger partial charge in [0.2, 0.25) is 0 Å². The Kier molecular flexibility index (Phi) is 7.34. The quantitative estimate of drug-likeness (QED) is 0.493. The van der Waals surface area contributed by atoms with E-state index in [4.69, 9.17) is 5.11 Å². The zero-order chi connectivity index (χ0) is 21.9. The topological polar surface area (TPSA) is 71.4 Å². The van der Waals surface area contributed by atoms with E-state index in [0.29, 0.717) is 12.2 Å². The number of hydrogen-bond donors (Lipinski definition) is 1. The van der Waals surface area contributed by atoms with E-state index in [1.807, 2.05) is 33.8 Å². The van der Waals surface area contributed by atoms with Crippen molar-refractivity contribution in [1.29, 1.82) is 0 Å². The second kappa shape index (κ2) is 9.34. The summed E-state index contributed by atoms with van der Waals surface area (Å²) in [5.74, 6) is -0.553. The third kappa shape index (κ3) is 5.53. The molecule has 156 valence electrons. The first kappa shape index (κ1) is 22.8. The second-order valence-electron chi connectivity index (χ2n) is 8.62. The van der Waals surface area contributed by atoms with Gasteiger partial charge in [-0.05, 0) is 40.0 Å². The van der Waals surface area contributed by atoms with Crippen molar-refractivity contribution in [2.24, 2.45) is 23.7 Å². The molecule has 0 aliphatic heterocycles. The first-order valence-corrected chi connectivity index (χ1v) is 10.2. The number of carboxylic acids is 1. The molecule has 2 aliphatic rings. The monoisotopic (exact) mass is 396 g/mol. The van der Waals surface area contributed by atoms with Crippen molar-refractivity contribution >= 4 is 17.5 Å². The van der Waals surface area contributed by atoms with Crippen LogP contribution in [0.3, 0.4) is 0 Å². The number of carboxylic acid groups (broad SMARTS) is 1. The molecular weight excluding hydrogens is 364 g/mol. The highest BCUT2D eigenvalue weighted by Crippen LogP contribution is 2.47. The summed E-state index contributed by atoms with van der Waals surface area (Å²) in [7, 11) is 0. The fourth-order valence-electron chi connectivity index (χ4n) is 4.76. The molecule has 1 saturated carbocycles. The molecular formula is C25H32O4. The standard InChI is InChI=1S/C25H32O4/c1-14(7-8-23(27)28)9-15(2)10-22-21(13-18(5)26)16(3)11-20-12-17(4)25(29)19(6)24(20)22/h7-11,17,19,22,24H,12-13H2,1-6H3,(H,27,28)/b8-7+,14-9-,15-10+/t17-,19+,22+,24+/m1/s1. The predicted molar refractivity (Wildman–Crippen MR) is 115 cm³/mol. The van der Waals surface area contributed by atoms with E-state index < -0.39 is 5.97 Å². The zero-order valence-corrected chi connectivity index (χ0v) is 18.3. The Morgan fingerprint density at radius 2 is 1.79 bits per heavy atom. The van der Waals surface area contributed by atoms with Crippen LogP contribution in [0.4, 0.5) is 0 Å². The SMILES string of the molecule is CC(=O)CC1=C(C)C=C2C[C@@H](C)C(=O)[C@@H](C)[C@@H]2[C@H]1/C=C(C)/C=C(C)\C=C\C(=O)O. The lowest BCUT2D eigenvalue weighted by atomic mass is 9.61. The maximum atomic E-state index is 12.7. The number of Topliss-reactive ketones (excluding diaryl/α,β-unsaturated/α-hetero) is 2. The number of hydrogen-bond acceptors (Lipinski definition) is 3. The van der Waals surface area contributed by atoms with Crippen LogP contribution >= 0.6 is 0 Å². The smallest absolute Gasteiger partial charge is 0.328 e. The Hall–Kier alpha value is -2.49. The third-order valence-corrected chi connectivity index (χ3v) is 5.97. The molecule has 0 saturated heterocycles. The minimum absolute atomic E-state index is 0.00199. The van der Waals surface area contributed by atoms with E-state index in [1.165, 1.54) is 5.57 Å². The van der Waals surface area contributed by atoms with Crippen LogP contribution in [-0.2, 0) is 14.4 Å². The molecule has 29 heavy (non-hydrogen) atoms. The van der Waals surface area contributed by atoms with Gasteiger partial charge in [0.15, 0.2) is 0 Å². The summed E-state index contributed by atoms with van der Waals surface area (Å²) in [5.41, 5.74) is 5.35. The van der Waals surface area contributed by atoms with Gasteiger partial charge < -0.3 is 5.11 Å². The molecule has 0 heterocycles. The largest absolute Gasteiger partial charge is 0.478 e. The van der Waals surface area contributed by atoms with Crippen LogP contribution in [-0.4, -0.2) is 22.6 Å². The number of carbonyl (C=O) groups excluding carboxylic acids is 2. The number of carbonyl (C=O) groups is 3. The summed E-state index contributed by atoms with van der Waals surface area (Å²) < 4.78 is 0. The van der Waals surface area contributed by atoms with Gasteiger partial charge in [-0.2, -0.15) is 0 Å². The molecule has 0 bridgehead atoms. The summed E-state index contributed by atoms with van der Waals surface area (Å²) in [6.45, 7) is 11.5. The number of aliphatic carboxylic acids is 1. The van der Waals surface area contributed by atoms with E-state index in [-0.39, 0.29) is 29.5 Å². The Balaban J connectivity index is 2.50. The summed E-state index contributed by atoms with van der Waals surface area (Å²) in [6, 6.07) is 0. The van der Waals surface area contributed by atoms with Crippen molar-refractivity contribution < 1.29 is 19.5 Å². The fourth-order valence-corrected chi connectivity index (χ4v) is 4.76. The van der Waals surface area contributed by atoms with E-state index in [0.717, 1.165) is 34.8 Å². The summed E-state index contributed by atoms with van der Waals surface area (Å²) in [4.78, 5) is 35.4. The van der Waals surface area contributed by atoms with Crippen LogP contribution < -0.4 is 0 Å². The van der Waals surface area contributed by atoms with Crippen LogP contribution in [0.1, 0.15) is 54.4 Å². The van der Waals surface area contributed by atoms with Crippen LogP contribution in [0.5, 0.6) is 0 Å². The van der Waals surface area contributed by atoms with E-state index in [2.05, 4.69) is 19.1 Å². The highest BCUT2D eigenvalue weighted by molar-refractivity contribution is 5.86. The van der Waals surface area contributed by atoms with Gasteiger partial charge in [-0.25, -0.2) is 4.79 Å². The number of rotatable bonds is 6. The number of allylic oxidation sites excluding steroid dienone is 9. The van der Waals surface area contributed by atoms with Gasteiger partial charge in [0, 0.05) is 30.3 Å². The molecule has 0 unspecified atom stereocenters. The number of ketones is 2. The lowest BCUT2D eigenvalue weighted by Gasteiger charge is -2.42. The van der Waals surface area contributed by atoms with Crippen LogP contribution in [0.15, 0.2) is 58.2 Å². The molecule has 0 aromatic heterocycles. The molecule has 0 radical (unpaired) electrons. The Morgan fingerprint density at radius 3 is 2.38 bits per heavy atom. The van der Waals surface area contributed by atoms with E-state index in [1.54, 1.807) is 13.0 Å². The second-order valence-corrected chi connectivity index (χ2v) is 8.62. The summed E-state index contributed by atoms with van der Waals surface area (Å²) in [5, 5.41) is 8.81. The molecule has 1 N–H and O–H groups in total. The Bertz CT molecular complexity index is 863. The average Bonchev–Trinajstić information content (AvgIpc) is 2.60. The van der Waals surface area contributed by atoms with Crippen molar-refractivity contribution in [1.82, 2.24) is 0 Å². The first-order chi connectivity index (χ1) is 13.5. The molecule has 0 aromatic rings. The van der Waals surface area contributed by atoms with Gasteiger partial charge in [0.1, 0.15) is 11.6 Å². The van der Waals surface area contributed by atoms with Gasteiger partial charge in [-0.1, -0.05) is 66.0 Å². The lowest BCUT2D eigenvalue weighted by molar-refractivity contribution is -0.131.